The summed E-state index contributed by atoms with van der Waals surface area (Å²) in [5.74, 6) is 0.180. The highest BCUT2D eigenvalue weighted by Crippen LogP contribution is 2.24. The number of esters is 1. The van der Waals surface area contributed by atoms with Gasteiger partial charge in [-0.25, -0.2) is 14.8 Å². The number of para-hydroxylation sites is 2. The van der Waals surface area contributed by atoms with Gasteiger partial charge in [-0.3, -0.25) is 4.79 Å². The molecule has 2 N–H and O–H groups in total. The number of hydrogen-bond acceptors (Lipinski definition) is 7. The van der Waals surface area contributed by atoms with Crippen LogP contribution in [0.15, 0.2) is 60.9 Å². The molecular weight excluding hydrogens is 360 g/mol. The molecule has 1 amide bonds. The second kappa shape index (κ2) is 8.63. The molecule has 0 bridgehead atoms. The van der Waals surface area contributed by atoms with Gasteiger partial charge in [0.2, 0.25) is 0 Å². The maximum absolute atomic E-state index is 12.5. The van der Waals surface area contributed by atoms with E-state index >= 15 is 0 Å². The number of carbonyl (C=O) groups excluding carboxylic acids is 2. The van der Waals surface area contributed by atoms with Crippen LogP contribution >= 0.6 is 0 Å². The minimum atomic E-state index is -0.413. The van der Waals surface area contributed by atoms with Gasteiger partial charge in [-0.05, 0) is 36.4 Å². The predicted molar refractivity (Wildman–Crippen MR) is 104 cm³/mol. The average Bonchev–Trinajstić information content (AvgIpc) is 2.74. The van der Waals surface area contributed by atoms with Crippen LogP contribution in [0.4, 0.5) is 17.2 Å². The number of carbonyl (C=O) groups is 2. The third-order valence-corrected chi connectivity index (χ3v) is 3.83. The van der Waals surface area contributed by atoms with Crippen LogP contribution in [-0.4, -0.2) is 36.1 Å². The van der Waals surface area contributed by atoms with Crippen LogP contribution < -0.4 is 15.4 Å². The molecule has 2 aromatic carbocycles. The van der Waals surface area contributed by atoms with Crippen LogP contribution in [-0.2, 0) is 4.74 Å². The van der Waals surface area contributed by atoms with Crippen molar-refractivity contribution in [1.29, 1.82) is 0 Å². The van der Waals surface area contributed by atoms with E-state index in [0.29, 0.717) is 28.5 Å². The Kier molecular flexibility index (Phi) is 5.81. The Balaban J connectivity index is 1.73. The first kappa shape index (κ1) is 18.8. The van der Waals surface area contributed by atoms with Crippen LogP contribution in [0.5, 0.6) is 5.75 Å². The Hall–Kier alpha value is -3.94. The van der Waals surface area contributed by atoms with Gasteiger partial charge >= 0.3 is 5.97 Å². The zero-order valence-corrected chi connectivity index (χ0v) is 15.3. The van der Waals surface area contributed by atoms with E-state index in [1.54, 1.807) is 42.5 Å². The van der Waals surface area contributed by atoms with Crippen LogP contribution in [0.25, 0.3) is 0 Å². The van der Waals surface area contributed by atoms with Crippen molar-refractivity contribution in [3.8, 4) is 5.75 Å². The number of rotatable bonds is 6. The molecule has 0 radical (unpaired) electrons. The fourth-order valence-corrected chi connectivity index (χ4v) is 2.44. The van der Waals surface area contributed by atoms with Gasteiger partial charge in [0.25, 0.3) is 5.91 Å². The van der Waals surface area contributed by atoms with Crippen molar-refractivity contribution in [3.63, 3.8) is 0 Å². The minimum Gasteiger partial charge on any atom is -0.495 e. The van der Waals surface area contributed by atoms with E-state index in [4.69, 9.17) is 4.74 Å². The largest absolute Gasteiger partial charge is 0.495 e. The molecule has 1 heterocycles. The van der Waals surface area contributed by atoms with Crippen LogP contribution in [0.3, 0.4) is 0 Å². The summed E-state index contributed by atoms with van der Waals surface area (Å²) in [6.45, 7) is 0. The fraction of sp³-hybridized carbons (Fsp3) is 0.100. The summed E-state index contributed by atoms with van der Waals surface area (Å²) >= 11 is 0. The molecule has 0 aliphatic heterocycles. The summed E-state index contributed by atoms with van der Waals surface area (Å²) in [5, 5.41) is 5.82. The van der Waals surface area contributed by atoms with Gasteiger partial charge in [0.05, 0.1) is 25.5 Å². The van der Waals surface area contributed by atoms with E-state index in [9.17, 15) is 9.59 Å². The molecule has 3 aromatic rings. The van der Waals surface area contributed by atoms with Gasteiger partial charge in [-0.15, -0.1) is 0 Å². The van der Waals surface area contributed by atoms with E-state index in [1.807, 2.05) is 6.07 Å². The Morgan fingerprint density at radius 1 is 0.964 bits per heavy atom. The van der Waals surface area contributed by atoms with E-state index in [1.165, 1.54) is 26.6 Å². The average molecular weight is 378 g/mol. The van der Waals surface area contributed by atoms with E-state index in [-0.39, 0.29) is 5.69 Å². The highest BCUT2D eigenvalue weighted by Gasteiger charge is 2.12. The predicted octanol–water partition coefficient (Wildman–Crippen LogP) is 3.27. The standard InChI is InChI=1S/C20H18N4O4/c1-27-17-6-4-3-5-15(17)24-19(25)16-11-18(22-12-21-16)23-14-9-7-13(8-10-14)20(26)28-2/h3-12H,1-2H3,(H,24,25)(H,21,22,23). The van der Waals surface area contributed by atoms with Crippen molar-refractivity contribution in [3.05, 3.63) is 72.2 Å². The second-order valence-electron chi connectivity index (χ2n) is 5.64. The van der Waals surface area contributed by atoms with Crippen molar-refractivity contribution in [1.82, 2.24) is 9.97 Å². The summed E-state index contributed by atoms with van der Waals surface area (Å²) in [5.41, 5.74) is 1.87. The molecule has 0 saturated heterocycles. The zero-order valence-electron chi connectivity index (χ0n) is 15.3. The number of amides is 1. The normalized spacial score (nSPS) is 10.1. The first-order valence-electron chi connectivity index (χ1n) is 8.32. The SMILES string of the molecule is COC(=O)c1ccc(Nc2cc(C(=O)Nc3ccccc3OC)ncn2)cc1. The van der Waals surface area contributed by atoms with Crippen molar-refractivity contribution >= 4 is 29.1 Å². The van der Waals surface area contributed by atoms with Crippen LogP contribution in [0.2, 0.25) is 0 Å². The minimum absolute atomic E-state index is 0.189. The summed E-state index contributed by atoms with van der Waals surface area (Å²) in [6, 6.07) is 15.3. The topological polar surface area (TPSA) is 102 Å². The smallest absolute Gasteiger partial charge is 0.337 e. The van der Waals surface area contributed by atoms with Crippen LogP contribution in [0, 0.1) is 0 Å². The molecule has 0 unspecified atom stereocenters. The summed E-state index contributed by atoms with van der Waals surface area (Å²) < 4.78 is 9.90. The number of anilines is 3. The number of benzene rings is 2. The van der Waals surface area contributed by atoms with Crippen molar-refractivity contribution in [2.75, 3.05) is 24.9 Å². The van der Waals surface area contributed by atoms with Crippen molar-refractivity contribution in [2.45, 2.75) is 0 Å². The zero-order chi connectivity index (χ0) is 19.9. The Morgan fingerprint density at radius 3 is 2.43 bits per heavy atom. The highest BCUT2D eigenvalue weighted by molar-refractivity contribution is 6.04. The molecular formula is C20H18N4O4. The molecule has 0 fully saturated rings. The lowest BCUT2D eigenvalue weighted by Crippen LogP contribution is -2.15. The molecule has 0 aliphatic carbocycles. The van der Waals surface area contributed by atoms with Gasteiger partial charge in [-0.2, -0.15) is 0 Å². The molecule has 8 heteroatoms. The Bertz CT molecular complexity index is 990. The van der Waals surface area contributed by atoms with Gasteiger partial charge in [0, 0.05) is 11.8 Å². The number of ether oxygens (including phenoxy) is 2. The van der Waals surface area contributed by atoms with Gasteiger partial charge in [0.15, 0.2) is 0 Å². The van der Waals surface area contributed by atoms with E-state index < -0.39 is 11.9 Å². The third-order valence-electron chi connectivity index (χ3n) is 3.83. The molecule has 1 aromatic heterocycles. The Labute approximate surface area is 161 Å². The third kappa shape index (κ3) is 4.42. The number of hydrogen-bond donors (Lipinski definition) is 2. The molecule has 142 valence electrons. The Morgan fingerprint density at radius 2 is 1.71 bits per heavy atom. The maximum atomic E-state index is 12.5. The van der Waals surface area contributed by atoms with Crippen molar-refractivity contribution in [2.24, 2.45) is 0 Å². The molecule has 3 rings (SSSR count). The number of nitrogens with one attached hydrogen (secondary N) is 2. The number of aromatic nitrogens is 2. The van der Waals surface area contributed by atoms with E-state index in [2.05, 4.69) is 25.3 Å². The summed E-state index contributed by atoms with van der Waals surface area (Å²) in [6.07, 6.45) is 1.29. The first-order chi connectivity index (χ1) is 13.6. The lowest BCUT2D eigenvalue weighted by Gasteiger charge is -2.10. The van der Waals surface area contributed by atoms with Crippen molar-refractivity contribution < 1.29 is 19.1 Å². The molecule has 0 atom stereocenters. The quantitative estimate of drug-likeness (QED) is 0.635. The molecule has 0 spiro atoms. The summed E-state index contributed by atoms with van der Waals surface area (Å²) in [4.78, 5) is 32.1. The molecule has 8 nitrogen and oxygen atoms in total. The molecule has 0 aliphatic rings. The lowest BCUT2D eigenvalue weighted by atomic mass is 10.2. The molecule has 28 heavy (non-hydrogen) atoms. The number of nitrogens with zero attached hydrogens (tertiary/aromatic N) is 2. The van der Waals surface area contributed by atoms with Gasteiger partial charge in [-0.1, -0.05) is 12.1 Å². The van der Waals surface area contributed by atoms with Gasteiger partial charge < -0.3 is 20.1 Å². The maximum Gasteiger partial charge on any atom is 0.337 e. The second-order valence-corrected chi connectivity index (χ2v) is 5.64. The lowest BCUT2D eigenvalue weighted by molar-refractivity contribution is 0.0600. The highest BCUT2D eigenvalue weighted by atomic mass is 16.5. The van der Waals surface area contributed by atoms with Crippen LogP contribution in [0.1, 0.15) is 20.8 Å². The van der Waals surface area contributed by atoms with E-state index in [0.717, 1.165) is 0 Å². The number of methoxy groups -OCH3 is 2. The first-order valence-corrected chi connectivity index (χ1v) is 8.32. The monoisotopic (exact) mass is 378 g/mol. The van der Waals surface area contributed by atoms with Gasteiger partial charge in [0.1, 0.15) is 23.6 Å². The summed E-state index contributed by atoms with van der Waals surface area (Å²) in [7, 11) is 2.86. The molecule has 0 saturated carbocycles. The fourth-order valence-electron chi connectivity index (χ4n) is 2.44.